The Morgan fingerprint density at radius 1 is 1.12 bits per heavy atom. The third-order valence-corrected chi connectivity index (χ3v) is 9.39. The molecule has 0 radical (unpaired) electrons. The Kier molecular flexibility index (Phi) is 6.11. The summed E-state index contributed by atoms with van der Waals surface area (Å²) in [6.45, 7) is 5.47. The molecule has 1 aliphatic heterocycles. The largest absolute Gasteiger partial charge is 0.742 e. The molecule has 1 aromatic carbocycles. The van der Waals surface area contributed by atoms with Gasteiger partial charge in [0.15, 0.2) is 0 Å². The first-order valence-electron chi connectivity index (χ1n) is 7.70. The molecule has 11 heteroatoms. The van der Waals surface area contributed by atoms with Gasteiger partial charge in [0.05, 0.1) is 17.3 Å². The highest BCUT2D eigenvalue weighted by atomic mass is 35.5. The second-order valence-electron chi connectivity index (χ2n) is 5.82. The van der Waals surface area contributed by atoms with Crippen LogP contribution in [0.3, 0.4) is 0 Å². The third-order valence-electron chi connectivity index (χ3n) is 3.35. The molecule has 142 valence electrons. The molecule has 0 saturated carbocycles. The highest BCUT2D eigenvalue weighted by Gasteiger charge is 2.55. The van der Waals surface area contributed by atoms with Gasteiger partial charge >= 0.3 is 17.4 Å². The number of alkyl halides is 1. The van der Waals surface area contributed by atoms with E-state index >= 15 is 0 Å². The lowest BCUT2D eigenvalue weighted by molar-refractivity contribution is -0.146. The molecule has 0 spiro atoms. The zero-order valence-corrected chi connectivity index (χ0v) is 17.5. The normalized spacial score (nSPS) is 19.0. The van der Waals surface area contributed by atoms with Crippen LogP contribution < -0.4 is 9.61 Å². The number of rotatable bonds is 5. The fourth-order valence-corrected chi connectivity index (χ4v) is 6.31. The Morgan fingerprint density at radius 3 is 2.12 bits per heavy atom. The molecule has 0 aromatic heterocycles. The van der Waals surface area contributed by atoms with Crippen LogP contribution in [0.4, 0.5) is 0 Å². The number of hydrogen-bond donors (Lipinski definition) is 0. The predicted octanol–water partition coefficient (Wildman–Crippen LogP) is 1.28. The lowest BCUT2D eigenvalue weighted by Crippen LogP contribution is -2.59. The number of fused-ring (bicyclic) bond motifs is 1. The molecule has 0 fully saturated rings. The van der Waals surface area contributed by atoms with Crippen LogP contribution in [0.5, 0.6) is 5.75 Å². The zero-order chi connectivity index (χ0) is 19.5. The van der Waals surface area contributed by atoms with Crippen molar-refractivity contribution in [2.75, 3.05) is 5.50 Å². The Labute approximate surface area is 157 Å². The maximum Gasteiger partial charge on any atom is 0.742 e. The maximum absolute atomic E-state index is 11.6. The first-order valence-corrected chi connectivity index (χ1v) is 12.5. The number of halogens is 1. The van der Waals surface area contributed by atoms with Crippen LogP contribution in [0.1, 0.15) is 26.3 Å². The minimum Gasteiger partial charge on any atom is -0.519 e. The number of carbonyl (C=O) groups excluding carboxylic acids is 3. The van der Waals surface area contributed by atoms with Crippen LogP contribution in [-0.4, -0.2) is 40.8 Å². The molecule has 0 amide bonds. The topological polar surface area (TPSA) is 97.4 Å². The van der Waals surface area contributed by atoms with Crippen LogP contribution >= 0.6 is 11.6 Å². The molecule has 0 bridgehead atoms. The summed E-state index contributed by atoms with van der Waals surface area (Å²) >= 11 is 5.91. The van der Waals surface area contributed by atoms with Gasteiger partial charge in [-0.05, 0) is 24.7 Å². The van der Waals surface area contributed by atoms with Gasteiger partial charge in [-0.1, -0.05) is 0 Å². The van der Waals surface area contributed by atoms with E-state index in [4.69, 9.17) is 33.7 Å². The fraction of sp³-hybridized carbons (Fsp3) is 0.400. The van der Waals surface area contributed by atoms with E-state index in [1.165, 1.54) is 6.07 Å². The lowest BCUT2D eigenvalue weighted by Gasteiger charge is -2.33. The zero-order valence-electron chi connectivity index (χ0n) is 14.8. The molecule has 1 unspecified atom stereocenters. The summed E-state index contributed by atoms with van der Waals surface area (Å²) in [5, 5.41) is 0.264. The molecule has 1 atom stereocenters. The van der Waals surface area contributed by atoms with E-state index in [-0.39, 0.29) is 17.3 Å². The average molecular weight is 419 g/mol. The summed E-state index contributed by atoms with van der Waals surface area (Å²) in [4.78, 5) is 34.7. The average Bonchev–Trinajstić information content (AvgIpc) is 2.52. The van der Waals surface area contributed by atoms with Gasteiger partial charge in [0, 0.05) is 26.3 Å². The second kappa shape index (κ2) is 7.78. The van der Waals surface area contributed by atoms with E-state index in [1.807, 2.05) is 6.55 Å². The van der Waals surface area contributed by atoms with Crippen molar-refractivity contribution >= 4 is 52.1 Å². The maximum atomic E-state index is 11.6. The molecule has 8 nitrogen and oxygen atoms in total. The van der Waals surface area contributed by atoms with Gasteiger partial charge in [-0.2, -0.15) is 0 Å². The van der Waals surface area contributed by atoms with Crippen LogP contribution in [0.15, 0.2) is 18.2 Å². The quantitative estimate of drug-likeness (QED) is 0.521. The monoisotopic (exact) mass is 418 g/mol. The van der Waals surface area contributed by atoms with E-state index < -0.39 is 35.3 Å². The number of benzene rings is 1. The predicted molar refractivity (Wildman–Crippen MR) is 94.9 cm³/mol. The van der Waals surface area contributed by atoms with E-state index in [9.17, 15) is 14.4 Å². The van der Waals surface area contributed by atoms with E-state index in [1.54, 1.807) is 12.1 Å². The second-order valence-corrected chi connectivity index (χ2v) is 11.9. The molecule has 26 heavy (non-hydrogen) atoms. The highest BCUT2D eigenvalue weighted by Crippen LogP contribution is 2.30. The standard InChI is InChI=1S/C15H19ClO8Si2/c1-10(17)21-26(22-11(2)18,23-12(3)19)14-5-6-15-13(7-14)8-20-25(4,9-16)24-15/h5-7H,8-9H2,1-4H3. The van der Waals surface area contributed by atoms with Crippen LogP contribution in [0, 0.1) is 0 Å². The van der Waals surface area contributed by atoms with Crippen LogP contribution in [0.2, 0.25) is 6.55 Å². The molecule has 1 aliphatic rings. The number of carbonyl (C=O) groups is 3. The third kappa shape index (κ3) is 4.64. The van der Waals surface area contributed by atoms with Crippen molar-refractivity contribution < 1.29 is 36.5 Å². The molecule has 0 saturated heterocycles. The summed E-state index contributed by atoms with van der Waals surface area (Å²) in [7, 11) is -6.62. The van der Waals surface area contributed by atoms with Crippen molar-refractivity contribution in [2.45, 2.75) is 33.9 Å². The summed E-state index contributed by atoms with van der Waals surface area (Å²) in [5.41, 5.74) is 0.905. The summed E-state index contributed by atoms with van der Waals surface area (Å²) in [6.07, 6.45) is 0. The van der Waals surface area contributed by atoms with Gasteiger partial charge in [-0.25, -0.2) is 0 Å². The van der Waals surface area contributed by atoms with Gasteiger partial charge in [0.25, 0.3) is 17.9 Å². The minimum absolute atomic E-state index is 0.226. The molecule has 2 rings (SSSR count). The van der Waals surface area contributed by atoms with Crippen molar-refractivity contribution in [1.82, 2.24) is 0 Å². The van der Waals surface area contributed by atoms with Crippen molar-refractivity contribution in [2.24, 2.45) is 0 Å². The lowest BCUT2D eigenvalue weighted by atomic mass is 10.2. The van der Waals surface area contributed by atoms with Crippen molar-refractivity contribution in [3.63, 3.8) is 0 Å². The van der Waals surface area contributed by atoms with Gasteiger partial charge in [-0.15, -0.1) is 11.6 Å². The van der Waals surface area contributed by atoms with E-state index in [2.05, 4.69) is 0 Å². The molecule has 1 aromatic rings. The Morgan fingerprint density at radius 2 is 1.65 bits per heavy atom. The Balaban J connectivity index is 2.49. The first kappa shape index (κ1) is 20.4. The Hall–Kier alpha value is -1.89. The molecular formula is C15H19ClO8Si2. The number of hydrogen-bond acceptors (Lipinski definition) is 8. The van der Waals surface area contributed by atoms with Crippen LogP contribution in [0.25, 0.3) is 0 Å². The Bertz CT molecular complexity index is 700. The minimum atomic E-state index is -4.14. The van der Waals surface area contributed by atoms with Crippen molar-refractivity contribution in [3.8, 4) is 5.75 Å². The van der Waals surface area contributed by atoms with Gasteiger partial charge in [-0.3, -0.25) is 14.4 Å². The summed E-state index contributed by atoms with van der Waals surface area (Å²) in [6, 6.07) is 4.75. The van der Waals surface area contributed by atoms with Gasteiger partial charge in [0.2, 0.25) is 0 Å². The molecule has 0 aliphatic carbocycles. The van der Waals surface area contributed by atoms with E-state index in [0.29, 0.717) is 11.3 Å². The molecular weight excluding hydrogens is 400 g/mol. The van der Waals surface area contributed by atoms with E-state index in [0.717, 1.165) is 20.8 Å². The van der Waals surface area contributed by atoms with Gasteiger partial charge < -0.3 is 22.1 Å². The molecule has 0 N–H and O–H groups in total. The SMILES string of the molecule is CC(=O)O[Si](OC(C)=O)(OC(C)=O)c1ccc2c(c1)CO[Si](C)(CCl)O2. The fourth-order valence-electron chi connectivity index (χ4n) is 2.35. The first-order chi connectivity index (χ1) is 12.1. The molecule has 1 heterocycles. The highest BCUT2D eigenvalue weighted by molar-refractivity contribution is 6.79. The van der Waals surface area contributed by atoms with Crippen molar-refractivity contribution in [3.05, 3.63) is 23.8 Å². The van der Waals surface area contributed by atoms with Crippen molar-refractivity contribution in [1.29, 1.82) is 0 Å². The smallest absolute Gasteiger partial charge is 0.519 e. The van der Waals surface area contributed by atoms with Gasteiger partial charge in [0.1, 0.15) is 5.75 Å². The summed E-state index contributed by atoms with van der Waals surface area (Å²) in [5.74, 6) is -1.66. The van der Waals surface area contributed by atoms with Crippen LogP contribution in [-0.2, 0) is 38.7 Å². The summed E-state index contributed by atoms with van der Waals surface area (Å²) < 4.78 is 27.2.